The van der Waals surface area contributed by atoms with E-state index in [9.17, 15) is 0 Å². The van der Waals surface area contributed by atoms with E-state index >= 15 is 0 Å². The van der Waals surface area contributed by atoms with Crippen LogP contribution in [0.3, 0.4) is 0 Å². The van der Waals surface area contributed by atoms with Crippen LogP contribution in [0.15, 0.2) is 27.8 Å². The third kappa shape index (κ3) is 2.83. The van der Waals surface area contributed by atoms with Gasteiger partial charge in [-0.1, -0.05) is 32.9 Å². The molecule has 3 heteroatoms. The standard InChI is InChI=1S/C14H17BrN2/c1-14(2,3)11-4-5-12(15)17-13(11)10-6-8-16-9-7-10/h4-6,9H,7-8H2,1-3H3. The topological polar surface area (TPSA) is 25.2 Å². The molecule has 2 nitrogen and oxygen atoms in total. The van der Waals surface area contributed by atoms with Crippen LogP contribution in [0.2, 0.25) is 0 Å². The molecule has 1 aliphatic rings. The van der Waals surface area contributed by atoms with Crippen molar-refractivity contribution in [2.45, 2.75) is 32.6 Å². The van der Waals surface area contributed by atoms with Gasteiger partial charge in [-0.2, -0.15) is 0 Å². The van der Waals surface area contributed by atoms with Gasteiger partial charge in [0.15, 0.2) is 0 Å². The van der Waals surface area contributed by atoms with Crippen molar-refractivity contribution in [3.8, 4) is 0 Å². The maximum absolute atomic E-state index is 4.65. The lowest BCUT2D eigenvalue weighted by Gasteiger charge is -2.23. The van der Waals surface area contributed by atoms with Crippen molar-refractivity contribution in [3.63, 3.8) is 0 Å². The zero-order valence-corrected chi connectivity index (χ0v) is 12.1. The molecule has 0 saturated heterocycles. The zero-order chi connectivity index (χ0) is 12.5. The van der Waals surface area contributed by atoms with Crippen LogP contribution in [-0.4, -0.2) is 17.7 Å². The second kappa shape index (κ2) is 4.73. The van der Waals surface area contributed by atoms with Gasteiger partial charge in [0, 0.05) is 12.6 Å². The first kappa shape index (κ1) is 12.5. The fraction of sp³-hybridized carbons (Fsp3) is 0.429. The third-order valence-corrected chi connectivity index (χ3v) is 3.30. The summed E-state index contributed by atoms with van der Waals surface area (Å²) in [6.45, 7) is 7.43. The molecule has 0 saturated carbocycles. The maximum Gasteiger partial charge on any atom is 0.106 e. The van der Waals surface area contributed by atoms with Crippen LogP contribution in [0.1, 0.15) is 38.4 Å². The summed E-state index contributed by atoms with van der Waals surface area (Å²) in [5.41, 5.74) is 3.80. The molecule has 0 unspecified atom stereocenters. The van der Waals surface area contributed by atoms with Crippen LogP contribution < -0.4 is 0 Å². The fourth-order valence-corrected chi connectivity index (χ4v) is 2.27. The Morgan fingerprint density at radius 3 is 2.59 bits per heavy atom. The number of hydrogen-bond donors (Lipinski definition) is 0. The molecule has 0 spiro atoms. The molecule has 0 fully saturated rings. The van der Waals surface area contributed by atoms with E-state index in [0.29, 0.717) is 0 Å². The first-order valence-corrected chi connectivity index (χ1v) is 6.62. The lowest BCUT2D eigenvalue weighted by Crippen LogP contribution is -2.16. The minimum Gasteiger partial charge on any atom is -0.293 e. The van der Waals surface area contributed by atoms with Gasteiger partial charge in [-0.05, 0) is 38.5 Å². The molecule has 2 heterocycles. The third-order valence-electron chi connectivity index (χ3n) is 2.86. The number of rotatable bonds is 1. The van der Waals surface area contributed by atoms with E-state index < -0.39 is 0 Å². The molecule has 2 rings (SSSR count). The molecule has 17 heavy (non-hydrogen) atoms. The maximum atomic E-state index is 4.65. The van der Waals surface area contributed by atoms with Crippen LogP contribution in [0, 0.1) is 0 Å². The number of aliphatic imine (C=N–C) groups is 1. The summed E-state index contributed by atoms with van der Waals surface area (Å²) in [4.78, 5) is 8.88. The molecule has 90 valence electrons. The largest absolute Gasteiger partial charge is 0.293 e. The van der Waals surface area contributed by atoms with E-state index in [-0.39, 0.29) is 5.41 Å². The molecular weight excluding hydrogens is 276 g/mol. The van der Waals surface area contributed by atoms with Gasteiger partial charge >= 0.3 is 0 Å². The Hall–Kier alpha value is -0.960. The summed E-state index contributed by atoms with van der Waals surface area (Å²) in [5.74, 6) is 0. The predicted molar refractivity (Wildman–Crippen MR) is 76.6 cm³/mol. The van der Waals surface area contributed by atoms with Crippen molar-refractivity contribution in [1.82, 2.24) is 4.98 Å². The number of pyridine rings is 1. The highest BCUT2D eigenvalue weighted by Gasteiger charge is 2.21. The van der Waals surface area contributed by atoms with Gasteiger partial charge in [-0.25, -0.2) is 4.98 Å². The van der Waals surface area contributed by atoms with Crippen molar-refractivity contribution in [3.05, 3.63) is 34.1 Å². The van der Waals surface area contributed by atoms with Crippen LogP contribution in [0.25, 0.3) is 5.57 Å². The lowest BCUT2D eigenvalue weighted by atomic mass is 9.83. The van der Waals surface area contributed by atoms with E-state index in [1.807, 2.05) is 12.3 Å². The van der Waals surface area contributed by atoms with Crippen LogP contribution in [-0.2, 0) is 5.41 Å². The average Bonchev–Trinajstić information content (AvgIpc) is 2.28. The number of allylic oxidation sites excluding steroid dienone is 1. The van der Waals surface area contributed by atoms with Gasteiger partial charge in [0.25, 0.3) is 0 Å². The summed E-state index contributed by atoms with van der Waals surface area (Å²) in [6, 6.07) is 4.18. The van der Waals surface area contributed by atoms with E-state index in [1.165, 1.54) is 11.1 Å². The molecule has 1 aromatic heterocycles. The molecule has 0 aromatic carbocycles. The van der Waals surface area contributed by atoms with Gasteiger partial charge in [-0.15, -0.1) is 0 Å². The monoisotopic (exact) mass is 292 g/mol. The number of aromatic nitrogens is 1. The molecule has 0 aliphatic carbocycles. The van der Waals surface area contributed by atoms with Gasteiger partial charge < -0.3 is 0 Å². The quantitative estimate of drug-likeness (QED) is 0.718. The summed E-state index contributed by atoms with van der Waals surface area (Å²) < 4.78 is 0.893. The van der Waals surface area contributed by atoms with Crippen molar-refractivity contribution in [2.75, 3.05) is 6.54 Å². The van der Waals surface area contributed by atoms with Gasteiger partial charge in [0.05, 0.1) is 12.2 Å². The molecular formula is C14H17BrN2. The minimum atomic E-state index is 0.110. The lowest BCUT2D eigenvalue weighted by molar-refractivity contribution is 0.584. The normalized spacial score (nSPS) is 15.9. The molecule has 1 aromatic rings. The molecule has 0 radical (unpaired) electrons. The minimum absolute atomic E-state index is 0.110. The highest BCUT2D eigenvalue weighted by atomic mass is 79.9. The van der Waals surface area contributed by atoms with Crippen molar-refractivity contribution < 1.29 is 0 Å². The molecule has 0 N–H and O–H groups in total. The first-order valence-electron chi connectivity index (χ1n) is 5.83. The Morgan fingerprint density at radius 1 is 1.24 bits per heavy atom. The molecule has 1 aliphatic heterocycles. The summed E-state index contributed by atoms with van der Waals surface area (Å²) in [6.07, 6.45) is 5.03. The van der Waals surface area contributed by atoms with Crippen molar-refractivity contribution in [2.24, 2.45) is 4.99 Å². The molecule has 0 atom stereocenters. The number of halogens is 1. The first-order chi connectivity index (χ1) is 7.98. The van der Waals surface area contributed by atoms with Gasteiger partial charge in [0.2, 0.25) is 0 Å². The predicted octanol–water partition coefficient (Wildman–Crippen LogP) is 4.00. The number of dihydropyridines is 1. The Labute approximate surface area is 111 Å². The summed E-state index contributed by atoms with van der Waals surface area (Å²) in [5, 5.41) is 0. The van der Waals surface area contributed by atoms with Crippen LogP contribution in [0.5, 0.6) is 0 Å². The summed E-state index contributed by atoms with van der Waals surface area (Å²) >= 11 is 3.46. The van der Waals surface area contributed by atoms with Crippen molar-refractivity contribution in [1.29, 1.82) is 0 Å². The smallest absolute Gasteiger partial charge is 0.106 e. The average molecular weight is 293 g/mol. The second-order valence-electron chi connectivity index (χ2n) is 5.26. The Bertz CT molecular complexity index is 481. The van der Waals surface area contributed by atoms with E-state index in [0.717, 1.165) is 23.3 Å². The highest BCUT2D eigenvalue weighted by molar-refractivity contribution is 9.10. The Kier molecular flexibility index (Phi) is 3.48. The van der Waals surface area contributed by atoms with Crippen molar-refractivity contribution >= 4 is 27.7 Å². The Balaban J connectivity index is 2.51. The zero-order valence-electron chi connectivity index (χ0n) is 10.5. The van der Waals surface area contributed by atoms with Gasteiger partial charge in [0.1, 0.15) is 4.60 Å². The summed E-state index contributed by atoms with van der Waals surface area (Å²) in [7, 11) is 0. The van der Waals surface area contributed by atoms with Crippen LogP contribution >= 0.6 is 15.9 Å². The SMILES string of the molecule is CC(C)(C)c1ccc(Br)nc1C1=CCN=CC1. The molecule has 0 amide bonds. The van der Waals surface area contributed by atoms with E-state index in [4.69, 9.17) is 0 Å². The van der Waals surface area contributed by atoms with Crippen LogP contribution in [0.4, 0.5) is 0 Å². The highest BCUT2D eigenvalue weighted by Crippen LogP contribution is 2.31. The number of nitrogens with zero attached hydrogens (tertiary/aromatic N) is 2. The molecule has 0 bridgehead atoms. The fourth-order valence-electron chi connectivity index (χ4n) is 1.96. The van der Waals surface area contributed by atoms with E-state index in [1.54, 1.807) is 0 Å². The van der Waals surface area contributed by atoms with E-state index in [2.05, 4.69) is 58.8 Å². The second-order valence-corrected chi connectivity index (χ2v) is 6.07. The Morgan fingerprint density at radius 2 is 2.00 bits per heavy atom. The number of hydrogen-bond acceptors (Lipinski definition) is 2. The van der Waals surface area contributed by atoms with Gasteiger partial charge in [-0.3, -0.25) is 4.99 Å².